The molecule has 4 rings (SSSR count). The first-order valence-electron chi connectivity index (χ1n) is 10.8. The molecular weight excluding hydrogens is 402 g/mol. The lowest BCUT2D eigenvalue weighted by atomic mass is 9.68. The van der Waals surface area contributed by atoms with Crippen LogP contribution < -0.4 is 10.6 Å². The molecule has 0 spiro atoms. The number of nitrogens with zero attached hydrogens (tertiary/aromatic N) is 1. The van der Waals surface area contributed by atoms with Crippen LogP contribution in [-0.2, 0) is 14.8 Å². The van der Waals surface area contributed by atoms with Gasteiger partial charge < -0.3 is 15.4 Å². The van der Waals surface area contributed by atoms with Crippen LogP contribution >= 0.6 is 0 Å². The Morgan fingerprint density at radius 1 is 1.20 bits per heavy atom. The van der Waals surface area contributed by atoms with E-state index in [9.17, 15) is 13.2 Å². The number of hydrogen-bond acceptors (Lipinski definition) is 5. The summed E-state index contributed by atoms with van der Waals surface area (Å²) in [4.78, 5) is 13.3. The highest BCUT2D eigenvalue weighted by Gasteiger charge is 2.59. The molecule has 166 valence electrons. The quantitative estimate of drug-likeness (QED) is 0.743. The highest BCUT2D eigenvalue weighted by Crippen LogP contribution is 2.62. The third kappa shape index (κ3) is 3.42. The van der Waals surface area contributed by atoms with E-state index in [1.54, 1.807) is 19.2 Å². The van der Waals surface area contributed by atoms with Crippen molar-refractivity contribution in [3.63, 3.8) is 0 Å². The average Bonchev–Trinajstić information content (AvgIpc) is 3.22. The normalized spacial score (nSPS) is 30.9. The van der Waals surface area contributed by atoms with E-state index in [0.29, 0.717) is 43.5 Å². The minimum absolute atomic E-state index is 0.0380. The minimum Gasteiger partial charge on any atom is -0.387 e. The molecule has 2 bridgehead atoms. The van der Waals surface area contributed by atoms with Crippen LogP contribution in [0.5, 0.6) is 0 Å². The number of carbonyl (C=O) groups is 1. The molecule has 3 aliphatic rings. The summed E-state index contributed by atoms with van der Waals surface area (Å²) in [6.07, 6.45) is 3.48. The van der Waals surface area contributed by atoms with Gasteiger partial charge in [-0.15, -0.1) is 0 Å². The Morgan fingerprint density at radius 3 is 2.50 bits per heavy atom. The molecule has 30 heavy (non-hydrogen) atoms. The molecule has 8 heteroatoms. The van der Waals surface area contributed by atoms with Crippen molar-refractivity contribution in [1.82, 2.24) is 9.62 Å². The van der Waals surface area contributed by atoms with E-state index in [0.717, 1.165) is 12.8 Å². The maximum atomic E-state index is 13.2. The standard InChI is InChI=1S/C22H33N3O4S/c1-21(2)16-7-8-22(3,14-16)20(21)24-19(26)15-5-6-17(23-4)18(13-15)30(27,28)25-9-11-29-12-10-25/h5-6,13,16,20,23H,7-12,14H2,1-4H3,(H,24,26)/t16-,20-,22+/m1/s1. The smallest absolute Gasteiger partial charge is 0.251 e. The first-order valence-corrected chi connectivity index (χ1v) is 12.2. The Bertz CT molecular complexity index is 935. The fraction of sp³-hybridized carbons (Fsp3) is 0.682. The Labute approximate surface area is 179 Å². The molecule has 1 aromatic carbocycles. The summed E-state index contributed by atoms with van der Waals surface area (Å²) in [7, 11) is -2.03. The first kappa shape index (κ1) is 21.6. The van der Waals surface area contributed by atoms with Crippen molar-refractivity contribution in [2.45, 2.75) is 51.0 Å². The number of morpholine rings is 1. The molecule has 0 aromatic heterocycles. The molecule has 2 aliphatic carbocycles. The maximum absolute atomic E-state index is 13.2. The molecule has 0 unspecified atom stereocenters. The zero-order valence-corrected chi connectivity index (χ0v) is 19.1. The van der Waals surface area contributed by atoms with Gasteiger partial charge in [-0.25, -0.2) is 8.42 Å². The number of sulfonamides is 1. The van der Waals surface area contributed by atoms with Gasteiger partial charge in [0.15, 0.2) is 0 Å². The van der Waals surface area contributed by atoms with Crippen molar-refractivity contribution in [1.29, 1.82) is 0 Å². The van der Waals surface area contributed by atoms with Gasteiger partial charge in [-0.3, -0.25) is 4.79 Å². The number of fused-ring (bicyclic) bond motifs is 2. The molecule has 2 saturated carbocycles. The number of benzene rings is 1. The lowest BCUT2D eigenvalue weighted by Crippen LogP contribution is -2.52. The predicted molar refractivity (Wildman–Crippen MR) is 116 cm³/mol. The van der Waals surface area contributed by atoms with Crippen molar-refractivity contribution in [2.24, 2.45) is 16.7 Å². The van der Waals surface area contributed by atoms with Gasteiger partial charge in [-0.1, -0.05) is 20.8 Å². The van der Waals surface area contributed by atoms with Crippen molar-refractivity contribution < 1.29 is 17.9 Å². The van der Waals surface area contributed by atoms with Gasteiger partial charge >= 0.3 is 0 Å². The van der Waals surface area contributed by atoms with E-state index < -0.39 is 10.0 Å². The molecular formula is C22H33N3O4S. The second-order valence-corrected chi connectivity index (χ2v) is 11.7. The number of nitrogens with one attached hydrogen (secondary N) is 2. The molecule has 0 radical (unpaired) electrons. The van der Waals surface area contributed by atoms with Crippen LogP contribution in [0.4, 0.5) is 5.69 Å². The minimum atomic E-state index is -3.72. The third-order valence-corrected chi connectivity index (χ3v) is 9.58. The number of hydrogen-bond donors (Lipinski definition) is 2. The van der Waals surface area contributed by atoms with Gasteiger partial charge in [-0.05, 0) is 54.2 Å². The van der Waals surface area contributed by atoms with Crippen molar-refractivity contribution in [3.05, 3.63) is 23.8 Å². The number of carbonyl (C=O) groups excluding carboxylic acids is 1. The van der Waals surface area contributed by atoms with Gasteiger partial charge in [0, 0.05) is 31.7 Å². The van der Waals surface area contributed by atoms with Crippen molar-refractivity contribution >= 4 is 21.6 Å². The largest absolute Gasteiger partial charge is 0.387 e. The van der Waals surface area contributed by atoms with Gasteiger partial charge in [0.25, 0.3) is 5.91 Å². The van der Waals surface area contributed by atoms with Crippen LogP contribution in [0.2, 0.25) is 0 Å². The molecule has 3 fully saturated rings. The second kappa shape index (κ2) is 7.50. The third-order valence-electron chi connectivity index (χ3n) is 7.65. The summed E-state index contributed by atoms with van der Waals surface area (Å²) in [5.74, 6) is 0.416. The van der Waals surface area contributed by atoms with E-state index in [4.69, 9.17) is 4.74 Å². The molecule has 1 amide bonds. The highest BCUT2D eigenvalue weighted by molar-refractivity contribution is 7.89. The van der Waals surface area contributed by atoms with E-state index in [-0.39, 0.29) is 27.7 Å². The van der Waals surface area contributed by atoms with E-state index in [2.05, 4.69) is 31.4 Å². The Morgan fingerprint density at radius 2 is 1.90 bits per heavy atom. The van der Waals surface area contributed by atoms with Gasteiger partial charge in [0.1, 0.15) is 4.90 Å². The molecule has 3 atom stereocenters. The van der Waals surface area contributed by atoms with Crippen LogP contribution in [0.15, 0.2) is 23.1 Å². The van der Waals surface area contributed by atoms with Crippen LogP contribution in [0.1, 0.15) is 50.4 Å². The summed E-state index contributed by atoms with van der Waals surface area (Å²) >= 11 is 0. The number of ether oxygens (including phenoxy) is 1. The topological polar surface area (TPSA) is 87.7 Å². The zero-order valence-electron chi connectivity index (χ0n) is 18.3. The molecule has 7 nitrogen and oxygen atoms in total. The second-order valence-electron chi connectivity index (χ2n) is 9.80. The van der Waals surface area contributed by atoms with Crippen molar-refractivity contribution in [3.8, 4) is 0 Å². The summed E-state index contributed by atoms with van der Waals surface area (Å²) < 4.78 is 33.2. The first-order chi connectivity index (χ1) is 14.1. The van der Waals surface area contributed by atoms with Gasteiger partial charge in [0.05, 0.1) is 18.9 Å². The Balaban J connectivity index is 1.62. The Kier molecular flexibility index (Phi) is 5.39. The average molecular weight is 436 g/mol. The molecule has 1 aliphatic heterocycles. The molecule has 1 heterocycles. The van der Waals surface area contributed by atoms with E-state index >= 15 is 0 Å². The lowest BCUT2D eigenvalue weighted by molar-refractivity contribution is 0.0729. The van der Waals surface area contributed by atoms with E-state index in [1.807, 2.05) is 0 Å². The fourth-order valence-electron chi connectivity index (χ4n) is 5.89. The van der Waals surface area contributed by atoms with Crippen molar-refractivity contribution in [2.75, 3.05) is 38.7 Å². The SMILES string of the molecule is CNc1ccc(C(=O)N[C@@H]2C(C)(C)[C@@H]3CC[C@@]2(C)C3)cc1S(=O)(=O)N1CCOCC1. The van der Waals surface area contributed by atoms with Gasteiger partial charge in [0.2, 0.25) is 10.0 Å². The monoisotopic (exact) mass is 435 g/mol. The van der Waals surface area contributed by atoms with Crippen LogP contribution in [0.25, 0.3) is 0 Å². The lowest BCUT2D eigenvalue weighted by Gasteiger charge is -2.43. The summed E-state index contributed by atoms with van der Waals surface area (Å²) in [5, 5.41) is 6.22. The predicted octanol–water partition coefficient (Wildman–Crippen LogP) is 2.69. The van der Waals surface area contributed by atoms with E-state index in [1.165, 1.54) is 16.8 Å². The summed E-state index contributed by atoms with van der Waals surface area (Å²) in [6.45, 7) is 8.15. The molecule has 1 aromatic rings. The number of anilines is 1. The maximum Gasteiger partial charge on any atom is 0.251 e. The molecule has 1 saturated heterocycles. The number of rotatable bonds is 5. The van der Waals surface area contributed by atoms with Crippen LogP contribution in [0, 0.1) is 16.7 Å². The Hall–Kier alpha value is -1.64. The van der Waals surface area contributed by atoms with Gasteiger partial charge in [-0.2, -0.15) is 4.31 Å². The fourth-order valence-corrected chi connectivity index (χ4v) is 7.52. The summed E-state index contributed by atoms with van der Waals surface area (Å²) in [6, 6.07) is 4.96. The van der Waals surface area contributed by atoms with Crippen LogP contribution in [-0.4, -0.2) is 58.0 Å². The highest BCUT2D eigenvalue weighted by atomic mass is 32.2. The zero-order chi connectivity index (χ0) is 21.7. The van der Waals surface area contributed by atoms with Crippen LogP contribution in [0.3, 0.4) is 0 Å². The number of amides is 1. The molecule has 2 N–H and O–H groups in total. The summed E-state index contributed by atoms with van der Waals surface area (Å²) in [5.41, 5.74) is 1.02.